The van der Waals surface area contributed by atoms with Crippen molar-refractivity contribution in [3.63, 3.8) is 0 Å². The molecule has 0 radical (unpaired) electrons. The minimum Gasteiger partial charge on any atom is -0.406 e. The van der Waals surface area contributed by atoms with E-state index in [1.165, 1.54) is 12.1 Å². The Morgan fingerprint density at radius 2 is 1.71 bits per heavy atom. The van der Waals surface area contributed by atoms with Gasteiger partial charge in [0, 0.05) is 0 Å². The Kier molecular flexibility index (Phi) is 3.79. The van der Waals surface area contributed by atoms with Gasteiger partial charge in [-0.25, -0.2) is 0 Å². The summed E-state index contributed by atoms with van der Waals surface area (Å²) in [5, 5.41) is 0.520. The Bertz CT molecular complexity index is 502. The van der Waals surface area contributed by atoms with Crippen molar-refractivity contribution in [2.75, 3.05) is 0 Å². The number of hydrogen-bond donors (Lipinski definition) is 1. The molecule has 0 aliphatic rings. The van der Waals surface area contributed by atoms with Crippen LogP contribution in [0.1, 0.15) is 5.56 Å². The topological polar surface area (TPSA) is 63.6 Å². The highest BCUT2D eigenvalue weighted by Crippen LogP contribution is 2.22. The molecule has 17 heavy (non-hydrogen) atoms. The lowest BCUT2D eigenvalue weighted by molar-refractivity contribution is -0.274. The summed E-state index contributed by atoms with van der Waals surface area (Å²) in [5.74, 6) is -0.415. The van der Waals surface area contributed by atoms with Crippen LogP contribution < -0.4 is 4.74 Å². The summed E-state index contributed by atoms with van der Waals surface area (Å²) in [7, 11) is -4.25. The van der Waals surface area contributed by atoms with Crippen LogP contribution in [-0.4, -0.2) is 19.3 Å². The third kappa shape index (κ3) is 5.93. The fourth-order valence-electron chi connectivity index (χ4n) is 0.945. The van der Waals surface area contributed by atoms with Gasteiger partial charge < -0.3 is 4.74 Å². The fourth-order valence-corrected chi connectivity index (χ4v) is 1.27. The molecule has 1 rings (SSSR count). The molecule has 0 unspecified atom stereocenters. The molecule has 1 aromatic carbocycles. The van der Waals surface area contributed by atoms with Crippen molar-refractivity contribution in [1.29, 1.82) is 0 Å². The van der Waals surface area contributed by atoms with E-state index in [9.17, 15) is 21.6 Å². The van der Waals surface area contributed by atoms with Crippen LogP contribution in [0.5, 0.6) is 5.75 Å². The van der Waals surface area contributed by atoms with Gasteiger partial charge in [0.25, 0.3) is 10.1 Å². The Morgan fingerprint density at radius 1 is 1.18 bits per heavy atom. The zero-order valence-corrected chi connectivity index (χ0v) is 8.99. The summed E-state index contributed by atoms with van der Waals surface area (Å²) in [6.45, 7) is 0. The highest BCUT2D eigenvalue weighted by Gasteiger charge is 2.30. The van der Waals surface area contributed by atoms with Crippen LogP contribution in [0.25, 0.3) is 6.08 Å². The molecule has 0 aliphatic carbocycles. The molecule has 4 nitrogen and oxygen atoms in total. The first-order valence-corrected chi connectivity index (χ1v) is 5.67. The van der Waals surface area contributed by atoms with Crippen molar-refractivity contribution in [3.05, 3.63) is 35.2 Å². The Morgan fingerprint density at radius 3 is 2.12 bits per heavy atom. The first kappa shape index (κ1) is 13.5. The van der Waals surface area contributed by atoms with Gasteiger partial charge in [0.2, 0.25) is 0 Å². The van der Waals surface area contributed by atoms with E-state index in [1.807, 2.05) is 0 Å². The van der Waals surface area contributed by atoms with Crippen LogP contribution in [0.15, 0.2) is 29.7 Å². The molecule has 94 valence electrons. The number of halogens is 3. The highest BCUT2D eigenvalue weighted by molar-refractivity contribution is 7.88. The molecule has 8 heteroatoms. The molecule has 0 saturated carbocycles. The largest absolute Gasteiger partial charge is 0.573 e. The normalized spacial score (nSPS) is 12.9. The molecule has 0 aromatic heterocycles. The van der Waals surface area contributed by atoms with Gasteiger partial charge >= 0.3 is 6.36 Å². The molecule has 1 N–H and O–H groups in total. The zero-order chi connectivity index (χ0) is 13.1. The summed E-state index contributed by atoms with van der Waals surface area (Å²) >= 11 is 0. The van der Waals surface area contributed by atoms with E-state index in [0.29, 0.717) is 11.0 Å². The van der Waals surface area contributed by atoms with Gasteiger partial charge in [0.15, 0.2) is 0 Å². The maximum atomic E-state index is 11.8. The van der Waals surface area contributed by atoms with Gasteiger partial charge in [0.05, 0.1) is 5.41 Å². The molecule has 0 spiro atoms. The average Bonchev–Trinajstić information content (AvgIpc) is 2.13. The molecule has 0 amide bonds. The summed E-state index contributed by atoms with van der Waals surface area (Å²) < 4.78 is 68.1. The van der Waals surface area contributed by atoms with Crippen molar-refractivity contribution in [3.8, 4) is 5.75 Å². The van der Waals surface area contributed by atoms with E-state index in [2.05, 4.69) is 4.74 Å². The number of ether oxygens (including phenoxy) is 1. The molecule has 0 atom stereocenters. The van der Waals surface area contributed by atoms with Crippen molar-refractivity contribution in [1.82, 2.24) is 0 Å². The van der Waals surface area contributed by atoms with Crippen LogP contribution in [0.3, 0.4) is 0 Å². The van der Waals surface area contributed by atoms with Crippen molar-refractivity contribution in [2.24, 2.45) is 0 Å². The Balaban J connectivity index is 2.79. The molecule has 0 heterocycles. The number of hydrogen-bond acceptors (Lipinski definition) is 3. The van der Waals surface area contributed by atoms with Crippen LogP contribution in [0.2, 0.25) is 0 Å². The molecule has 0 fully saturated rings. The van der Waals surface area contributed by atoms with E-state index in [-0.39, 0.29) is 0 Å². The van der Waals surface area contributed by atoms with Gasteiger partial charge in [-0.15, -0.1) is 13.2 Å². The predicted molar refractivity (Wildman–Crippen MR) is 53.7 cm³/mol. The second kappa shape index (κ2) is 4.76. The lowest BCUT2D eigenvalue weighted by atomic mass is 10.2. The summed E-state index contributed by atoms with van der Waals surface area (Å²) in [5.41, 5.74) is 0.303. The van der Waals surface area contributed by atoms with Gasteiger partial charge in [-0.2, -0.15) is 8.42 Å². The number of rotatable bonds is 3. The molecular formula is C9H7F3O4S. The molecule has 1 aromatic rings. The molecular weight excluding hydrogens is 261 g/mol. The second-order valence-corrected chi connectivity index (χ2v) is 4.24. The van der Waals surface area contributed by atoms with E-state index in [1.54, 1.807) is 0 Å². The molecule has 0 saturated heterocycles. The zero-order valence-electron chi connectivity index (χ0n) is 8.18. The van der Waals surface area contributed by atoms with E-state index < -0.39 is 22.2 Å². The summed E-state index contributed by atoms with van der Waals surface area (Å²) in [6.07, 6.45) is -3.74. The Labute approximate surface area is 95.1 Å². The number of alkyl halides is 3. The summed E-state index contributed by atoms with van der Waals surface area (Å²) in [4.78, 5) is 0. The van der Waals surface area contributed by atoms with E-state index >= 15 is 0 Å². The monoisotopic (exact) mass is 268 g/mol. The first-order chi connectivity index (χ1) is 7.66. The van der Waals surface area contributed by atoms with Gasteiger partial charge in [-0.3, -0.25) is 4.55 Å². The smallest absolute Gasteiger partial charge is 0.406 e. The summed E-state index contributed by atoms with van der Waals surface area (Å²) in [6, 6.07) is 4.47. The third-order valence-corrected chi connectivity index (χ3v) is 2.03. The minimum absolute atomic E-state index is 0.303. The van der Waals surface area contributed by atoms with Crippen molar-refractivity contribution >= 4 is 16.2 Å². The van der Waals surface area contributed by atoms with Crippen LogP contribution >= 0.6 is 0 Å². The highest BCUT2D eigenvalue weighted by atomic mass is 32.2. The van der Waals surface area contributed by atoms with Crippen molar-refractivity contribution < 1.29 is 30.9 Å². The molecule has 0 aliphatic heterocycles. The van der Waals surface area contributed by atoms with Gasteiger partial charge in [-0.1, -0.05) is 12.1 Å². The SMILES string of the molecule is O=S(=O)(O)/C=C/c1ccc(OC(F)(F)F)cc1. The van der Waals surface area contributed by atoms with Crippen LogP contribution in [-0.2, 0) is 10.1 Å². The minimum atomic E-state index is -4.77. The van der Waals surface area contributed by atoms with E-state index in [0.717, 1.165) is 18.2 Å². The van der Waals surface area contributed by atoms with Crippen molar-refractivity contribution in [2.45, 2.75) is 6.36 Å². The van der Waals surface area contributed by atoms with Crippen LogP contribution in [0.4, 0.5) is 13.2 Å². The second-order valence-electron chi connectivity index (χ2n) is 2.93. The molecule has 0 bridgehead atoms. The Hall–Kier alpha value is -1.54. The maximum absolute atomic E-state index is 11.8. The number of benzene rings is 1. The lowest BCUT2D eigenvalue weighted by Crippen LogP contribution is -2.16. The van der Waals surface area contributed by atoms with Crippen LogP contribution in [0, 0.1) is 0 Å². The fraction of sp³-hybridized carbons (Fsp3) is 0.111. The van der Waals surface area contributed by atoms with Gasteiger partial charge in [0.1, 0.15) is 5.75 Å². The van der Waals surface area contributed by atoms with E-state index in [4.69, 9.17) is 4.55 Å². The first-order valence-electron chi connectivity index (χ1n) is 4.17. The maximum Gasteiger partial charge on any atom is 0.573 e. The quantitative estimate of drug-likeness (QED) is 0.855. The standard InChI is InChI=1S/C9H7F3O4S/c10-9(11,12)16-8-3-1-7(2-4-8)5-6-17(13,14)15/h1-6H,(H,13,14,15)/b6-5+. The third-order valence-electron chi connectivity index (χ3n) is 1.55. The lowest BCUT2D eigenvalue weighted by Gasteiger charge is -2.08. The van der Waals surface area contributed by atoms with Gasteiger partial charge in [-0.05, 0) is 23.8 Å². The predicted octanol–water partition coefficient (Wildman–Crippen LogP) is 2.44. The average molecular weight is 268 g/mol.